The molecule has 0 bridgehead atoms. The lowest BCUT2D eigenvalue weighted by Gasteiger charge is -2.17. The molecule has 2 aromatic carbocycles. The number of hydrogen-bond acceptors (Lipinski definition) is 3. The maximum absolute atomic E-state index is 13.7. The van der Waals surface area contributed by atoms with Crippen molar-refractivity contribution in [1.29, 1.82) is 0 Å². The van der Waals surface area contributed by atoms with Crippen LogP contribution in [0.5, 0.6) is 11.5 Å². The molecule has 0 saturated heterocycles. The molecule has 0 fully saturated rings. The Kier molecular flexibility index (Phi) is 5.87. The van der Waals surface area contributed by atoms with Crippen LogP contribution in [0.25, 0.3) is 0 Å². The van der Waals surface area contributed by atoms with E-state index in [1.54, 1.807) is 26.2 Å². The summed E-state index contributed by atoms with van der Waals surface area (Å²) in [6, 6.07) is 8.52. The Balaban J connectivity index is 2.06. The number of benzene rings is 2. The van der Waals surface area contributed by atoms with Crippen LogP contribution in [0.15, 0.2) is 36.4 Å². The van der Waals surface area contributed by atoms with Crippen LogP contribution >= 0.6 is 11.6 Å². The number of halogens is 2. The molecule has 1 atom stereocenters. The molecule has 0 radical (unpaired) electrons. The minimum absolute atomic E-state index is 0.0522. The van der Waals surface area contributed by atoms with Crippen LogP contribution in [0, 0.1) is 5.82 Å². The van der Waals surface area contributed by atoms with E-state index in [4.69, 9.17) is 21.1 Å². The molecule has 24 heavy (non-hydrogen) atoms. The number of urea groups is 1. The molecule has 5 nitrogen and oxygen atoms in total. The Morgan fingerprint density at radius 1 is 1.12 bits per heavy atom. The molecule has 0 aliphatic carbocycles. The van der Waals surface area contributed by atoms with Crippen LogP contribution < -0.4 is 20.1 Å². The molecule has 0 saturated carbocycles. The van der Waals surface area contributed by atoms with E-state index in [-0.39, 0.29) is 16.8 Å². The van der Waals surface area contributed by atoms with E-state index in [9.17, 15) is 9.18 Å². The molecule has 0 spiro atoms. The first-order valence-electron chi connectivity index (χ1n) is 7.19. The molecule has 0 aliphatic heterocycles. The highest BCUT2D eigenvalue weighted by atomic mass is 35.5. The van der Waals surface area contributed by atoms with Gasteiger partial charge in [0.25, 0.3) is 0 Å². The number of rotatable bonds is 5. The first-order valence-corrected chi connectivity index (χ1v) is 7.57. The van der Waals surface area contributed by atoms with Gasteiger partial charge in [0.05, 0.1) is 25.9 Å². The van der Waals surface area contributed by atoms with E-state index in [1.807, 2.05) is 6.07 Å². The first kappa shape index (κ1) is 17.9. The lowest BCUT2D eigenvalue weighted by atomic mass is 10.1. The van der Waals surface area contributed by atoms with Gasteiger partial charge in [0.2, 0.25) is 0 Å². The second-order valence-corrected chi connectivity index (χ2v) is 5.50. The zero-order valence-corrected chi connectivity index (χ0v) is 14.3. The maximum atomic E-state index is 13.7. The van der Waals surface area contributed by atoms with Gasteiger partial charge in [-0.3, -0.25) is 0 Å². The van der Waals surface area contributed by atoms with Gasteiger partial charge in [0, 0.05) is 5.02 Å². The number of hydrogen-bond donors (Lipinski definition) is 2. The third-order valence-electron chi connectivity index (χ3n) is 3.43. The van der Waals surface area contributed by atoms with Crippen molar-refractivity contribution >= 4 is 23.3 Å². The van der Waals surface area contributed by atoms with E-state index >= 15 is 0 Å². The summed E-state index contributed by atoms with van der Waals surface area (Å²) in [5, 5.41) is 5.44. The quantitative estimate of drug-likeness (QED) is 0.839. The molecule has 2 aromatic rings. The first-order chi connectivity index (χ1) is 11.4. The summed E-state index contributed by atoms with van der Waals surface area (Å²) in [5.41, 5.74) is 0.871. The third-order valence-corrected chi connectivity index (χ3v) is 3.67. The highest BCUT2D eigenvalue weighted by Crippen LogP contribution is 2.30. The molecule has 2 amide bonds. The Bertz CT molecular complexity index is 740. The second kappa shape index (κ2) is 7.88. The summed E-state index contributed by atoms with van der Waals surface area (Å²) >= 11 is 5.68. The fourth-order valence-electron chi connectivity index (χ4n) is 2.15. The molecule has 128 valence electrons. The molecule has 0 unspecified atom stereocenters. The minimum Gasteiger partial charge on any atom is -0.493 e. The van der Waals surface area contributed by atoms with Gasteiger partial charge in [-0.1, -0.05) is 17.7 Å². The maximum Gasteiger partial charge on any atom is 0.319 e. The smallest absolute Gasteiger partial charge is 0.319 e. The van der Waals surface area contributed by atoms with Gasteiger partial charge in [0.15, 0.2) is 11.5 Å². The Morgan fingerprint density at radius 2 is 1.83 bits per heavy atom. The number of anilines is 1. The number of carbonyl (C=O) groups is 1. The zero-order valence-electron chi connectivity index (χ0n) is 13.5. The standard InChI is InChI=1S/C17H18ClFN2O3/c1-10(11-4-7-15(23-2)16(8-11)24-3)20-17(22)21-14-6-5-12(18)9-13(14)19/h4-10H,1-3H3,(H2,20,21,22)/t10-/m1/s1. The van der Waals surface area contributed by atoms with Crippen molar-refractivity contribution in [2.24, 2.45) is 0 Å². The Hall–Kier alpha value is -2.47. The number of carbonyl (C=O) groups excluding carboxylic acids is 1. The van der Waals surface area contributed by atoms with Crippen LogP contribution in [0.4, 0.5) is 14.9 Å². The van der Waals surface area contributed by atoms with Gasteiger partial charge < -0.3 is 20.1 Å². The summed E-state index contributed by atoms with van der Waals surface area (Å²) in [4.78, 5) is 12.0. The zero-order chi connectivity index (χ0) is 17.7. The predicted molar refractivity (Wildman–Crippen MR) is 91.5 cm³/mol. The second-order valence-electron chi connectivity index (χ2n) is 5.06. The van der Waals surface area contributed by atoms with Crippen molar-refractivity contribution in [3.63, 3.8) is 0 Å². The Morgan fingerprint density at radius 3 is 2.46 bits per heavy atom. The Labute approximate surface area is 144 Å². The lowest BCUT2D eigenvalue weighted by molar-refractivity contribution is 0.249. The molecule has 2 N–H and O–H groups in total. The summed E-state index contributed by atoms with van der Waals surface area (Å²) in [6.45, 7) is 1.80. The number of methoxy groups -OCH3 is 2. The van der Waals surface area contributed by atoms with E-state index in [0.717, 1.165) is 11.6 Å². The van der Waals surface area contributed by atoms with Crippen molar-refractivity contribution in [2.75, 3.05) is 19.5 Å². The van der Waals surface area contributed by atoms with Crippen LogP contribution in [0.2, 0.25) is 5.02 Å². The molecular formula is C17H18ClFN2O3. The average Bonchev–Trinajstić information content (AvgIpc) is 2.56. The minimum atomic E-state index is -0.601. The van der Waals surface area contributed by atoms with Gasteiger partial charge >= 0.3 is 6.03 Å². The van der Waals surface area contributed by atoms with Crippen molar-refractivity contribution < 1.29 is 18.7 Å². The number of ether oxygens (including phenoxy) is 2. The van der Waals surface area contributed by atoms with E-state index in [0.29, 0.717) is 11.5 Å². The summed E-state index contributed by atoms with van der Waals surface area (Å²) < 4.78 is 24.1. The van der Waals surface area contributed by atoms with E-state index in [2.05, 4.69) is 10.6 Å². The SMILES string of the molecule is COc1ccc([C@@H](C)NC(=O)Nc2ccc(Cl)cc2F)cc1OC. The average molecular weight is 353 g/mol. The molecule has 0 aromatic heterocycles. The summed E-state index contributed by atoms with van der Waals surface area (Å²) in [5.74, 6) is 0.561. The van der Waals surface area contributed by atoms with Crippen molar-refractivity contribution in [3.8, 4) is 11.5 Å². The van der Waals surface area contributed by atoms with Crippen LogP contribution in [-0.2, 0) is 0 Å². The molecule has 0 aliphatic rings. The lowest BCUT2D eigenvalue weighted by Crippen LogP contribution is -2.31. The fourth-order valence-corrected chi connectivity index (χ4v) is 2.31. The predicted octanol–water partition coefficient (Wildman–Crippen LogP) is 4.38. The topological polar surface area (TPSA) is 59.6 Å². The fraction of sp³-hybridized carbons (Fsp3) is 0.235. The van der Waals surface area contributed by atoms with Crippen LogP contribution in [0.3, 0.4) is 0 Å². The normalized spacial score (nSPS) is 11.5. The molecule has 0 heterocycles. The molecule has 7 heteroatoms. The van der Waals surface area contributed by atoms with E-state index in [1.165, 1.54) is 19.2 Å². The summed E-state index contributed by atoms with van der Waals surface area (Å²) in [7, 11) is 3.09. The highest BCUT2D eigenvalue weighted by molar-refractivity contribution is 6.30. The van der Waals surface area contributed by atoms with Gasteiger partial charge in [-0.2, -0.15) is 0 Å². The third kappa shape index (κ3) is 4.29. The summed E-state index contributed by atoms with van der Waals surface area (Å²) in [6.07, 6.45) is 0. The van der Waals surface area contributed by atoms with Crippen LogP contribution in [-0.4, -0.2) is 20.3 Å². The van der Waals surface area contributed by atoms with Gasteiger partial charge in [-0.15, -0.1) is 0 Å². The van der Waals surface area contributed by atoms with Crippen molar-refractivity contribution in [2.45, 2.75) is 13.0 Å². The highest BCUT2D eigenvalue weighted by Gasteiger charge is 2.14. The molecule has 2 rings (SSSR count). The largest absolute Gasteiger partial charge is 0.493 e. The van der Waals surface area contributed by atoms with Gasteiger partial charge in [-0.05, 0) is 42.8 Å². The van der Waals surface area contributed by atoms with Crippen molar-refractivity contribution in [3.05, 3.63) is 52.8 Å². The monoisotopic (exact) mass is 352 g/mol. The van der Waals surface area contributed by atoms with E-state index < -0.39 is 11.8 Å². The van der Waals surface area contributed by atoms with Gasteiger partial charge in [0.1, 0.15) is 5.82 Å². The van der Waals surface area contributed by atoms with Crippen LogP contribution in [0.1, 0.15) is 18.5 Å². The number of nitrogens with one attached hydrogen (secondary N) is 2. The van der Waals surface area contributed by atoms with Gasteiger partial charge in [-0.25, -0.2) is 9.18 Å². The molecular weight excluding hydrogens is 335 g/mol. The number of amides is 2. The van der Waals surface area contributed by atoms with Crippen molar-refractivity contribution in [1.82, 2.24) is 5.32 Å².